The molecular weight excluding hydrogens is 310 g/mol. The van der Waals surface area contributed by atoms with Gasteiger partial charge < -0.3 is 24.3 Å². The number of thioether (sulfide) groups is 1. The van der Waals surface area contributed by atoms with E-state index in [0.717, 1.165) is 16.6 Å². The lowest BCUT2D eigenvalue weighted by Crippen LogP contribution is -2.39. The number of hydrogen-bond donors (Lipinski definition) is 1. The molecule has 0 aromatic heterocycles. The molecule has 7 heteroatoms. The number of rotatable bonds is 4. The van der Waals surface area contributed by atoms with Gasteiger partial charge in [0.25, 0.3) is 0 Å². The van der Waals surface area contributed by atoms with Crippen molar-refractivity contribution in [2.45, 2.75) is 64.5 Å². The van der Waals surface area contributed by atoms with E-state index in [-0.39, 0.29) is 18.3 Å². The van der Waals surface area contributed by atoms with Crippen molar-refractivity contribution >= 4 is 28.3 Å². The Morgan fingerprint density at radius 2 is 1.90 bits per heavy atom. The van der Waals surface area contributed by atoms with Crippen LogP contribution >= 0.6 is 24.0 Å². The second kappa shape index (κ2) is 6.68. The monoisotopic (exact) mass is 335 g/mol. The van der Waals surface area contributed by atoms with Crippen LogP contribution in [0.2, 0.25) is 0 Å². The van der Waals surface area contributed by atoms with Crippen LogP contribution in [0.1, 0.15) is 34.6 Å². The van der Waals surface area contributed by atoms with E-state index in [4.69, 9.17) is 31.2 Å². The Bertz CT molecular complexity index is 389. The van der Waals surface area contributed by atoms with Gasteiger partial charge >= 0.3 is 0 Å². The average Bonchev–Trinajstić information content (AvgIpc) is 2.86. The van der Waals surface area contributed by atoms with Gasteiger partial charge in [0, 0.05) is 12.3 Å². The molecule has 0 saturated carbocycles. The first-order valence-electron chi connectivity index (χ1n) is 7.30. The Morgan fingerprint density at radius 3 is 2.48 bits per heavy atom. The molecule has 2 aliphatic rings. The summed E-state index contributed by atoms with van der Waals surface area (Å²) in [5, 5.41) is 3.13. The topological polar surface area (TPSA) is 49.0 Å². The van der Waals surface area contributed by atoms with Crippen LogP contribution in [-0.4, -0.2) is 53.1 Å². The second-order valence-corrected chi connectivity index (χ2v) is 7.83. The lowest BCUT2D eigenvalue weighted by molar-refractivity contribution is -0.174. The van der Waals surface area contributed by atoms with E-state index in [2.05, 4.69) is 5.32 Å². The molecule has 2 heterocycles. The van der Waals surface area contributed by atoms with E-state index in [1.54, 1.807) is 11.8 Å². The minimum Gasteiger partial charge on any atom is -0.371 e. The Balaban J connectivity index is 1.95. The van der Waals surface area contributed by atoms with Crippen molar-refractivity contribution in [3.63, 3.8) is 0 Å². The van der Waals surface area contributed by atoms with Crippen LogP contribution in [0.3, 0.4) is 0 Å². The first-order chi connectivity index (χ1) is 9.72. The number of ether oxygens (including phenoxy) is 4. The first kappa shape index (κ1) is 17.4. The Morgan fingerprint density at radius 1 is 1.19 bits per heavy atom. The normalized spacial score (nSPS) is 34.0. The fourth-order valence-corrected chi connectivity index (χ4v) is 3.71. The summed E-state index contributed by atoms with van der Waals surface area (Å²) in [4.78, 5) is 0. The van der Waals surface area contributed by atoms with Crippen LogP contribution in [0.25, 0.3) is 0 Å². The van der Waals surface area contributed by atoms with Gasteiger partial charge in [-0.1, -0.05) is 24.0 Å². The van der Waals surface area contributed by atoms with Gasteiger partial charge in [0.1, 0.15) is 16.5 Å². The Hall–Kier alpha value is 0.0800. The molecule has 122 valence electrons. The van der Waals surface area contributed by atoms with E-state index in [1.165, 1.54) is 0 Å². The van der Waals surface area contributed by atoms with Gasteiger partial charge in [-0.3, -0.25) is 0 Å². The summed E-state index contributed by atoms with van der Waals surface area (Å²) >= 11 is 6.83. The van der Waals surface area contributed by atoms with Crippen LogP contribution < -0.4 is 5.32 Å². The van der Waals surface area contributed by atoms with E-state index in [0.29, 0.717) is 6.61 Å². The molecule has 0 aromatic rings. The van der Waals surface area contributed by atoms with Gasteiger partial charge in [-0.25, -0.2) is 0 Å². The first-order valence-corrected chi connectivity index (χ1v) is 8.70. The largest absolute Gasteiger partial charge is 0.371 e. The van der Waals surface area contributed by atoms with E-state index in [1.807, 2.05) is 34.6 Å². The van der Waals surface area contributed by atoms with Gasteiger partial charge in [0.2, 0.25) is 0 Å². The molecule has 0 unspecified atom stereocenters. The fraction of sp³-hybridized carbons (Fsp3) is 0.929. The van der Waals surface area contributed by atoms with Gasteiger partial charge in [0.05, 0.1) is 12.7 Å². The zero-order valence-electron chi connectivity index (χ0n) is 13.3. The molecule has 0 amide bonds. The molecule has 0 spiro atoms. The molecule has 0 radical (unpaired) electrons. The summed E-state index contributed by atoms with van der Waals surface area (Å²) in [5.41, 5.74) is 0. The predicted octanol–water partition coefficient (Wildman–Crippen LogP) is 2.29. The SMILES string of the molecule is CCNC(=S)SC[C@@H]1OC(C)(C)O[C@H]1[C@H]1COC(C)(C)O1. The zero-order valence-corrected chi connectivity index (χ0v) is 14.9. The molecule has 1 N–H and O–H groups in total. The maximum atomic E-state index is 6.03. The Labute approximate surface area is 136 Å². The van der Waals surface area contributed by atoms with Crippen LogP contribution in [0.4, 0.5) is 0 Å². The third-order valence-electron chi connectivity index (χ3n) is 3.32. The highest BCUT2D eigenvalue weighted by molar-refractivity contribution is 8.23. The molecule has 2 rings (SSSR count). The number of hydrogen-bond acceptors (Lipinski definition) is 6. The van der Waals surface area contributed by atoms with Crippen molar-refractivity contribution < 1.29 is 18.9 Å². The van der Waals surface area contributed by atoms with Crippen molar-refractivity contribution in [2.75, 3.05) is 18.9 Å². The van der Waals surface area contributed by atoms with E-state index < -0.39 is 11.6 Å². The molecule has 0 aromatic carbocycles. The van der Waals surface area contributed by atoms with Gasteiger partial charge in [0.15, 0.2) is 11.6 Å². The third kappa shape index (κ3) is 4.77. The molecule has 2 fully saturated rings. The molecule has 0 bridgehead atoms. The highest BCUT2D eigenvalue weighted by Crippen LogP contribution is 2.36. The van der Waals surface area contributed by atoms with Crippen LogP contribution in [0, 0.1) is 0 Å². The lowest BCUT2D eigenvalue weighted by atomic mass is 10.1. The predicted molar refractivity (Wildman–Crippen MR) is 87.5 cm³/mol. The van der Waals surface area contributed by atoms with Crippen LogP contribution in [0.5, 0.6) is 0 Å². The summed E-state index contributed by atoms with van der Waals surface area (Å²) in [6, 6.07) is 0. The summed E-state index contributed by atoms with van der Waals surface area (Å²) in [6.07, 6.45) is -0.317. The zero-order chi connectivity index (χ0) is 15.7. The molecule has 21 heavy (non-hydrogen) atoms. The van der Waals surface area contributed by atoms with E-state index in [9.17, 15) is 0 Å². The summed E-state index contributed by atoms with van der Waals surface area (Å²) in [6.45, 7) is 11.1. The van der Waals surface area contributed by atoms with E-state index >= 15 is 0 Å². The van der Waals surface area contributed by atoms with Crippen molar-refractivity contribution in [2.24, 2.45) is 0 Å². The lowest BCUT2D eigenvalue weighted by Gasteiger charge is -2.23. The quantitative estimate of drug-likeness (QED) is 0.791. The van der Waals surface area contributed by atoms with Gasteiger partial charge in [-0.2, -0.15) is 0 Å². The molecule has 0 aliphatic carbocycles. The summed E-state index contributed by atoms with van der Waals surface area (Å²) < 4.78 is 24.4. The average molecular weight is 335 g/mol. The molecule has 2 aliphatic heterocycles. The molecule has 2 saturated heterocycles. The van der Waals surface area contributed by atoms with Crippen LogP contribution in [0.15, 0.2) is 0 Å². The van der Waals surface area contributed by atoms with Crippen molar-refractivity contribution in [3.8, 4) is 0 Å². The third-order valence-corrected chi connectivity index (χ3v) is 4.72. The number of nitrogens with one attached hydrogen (secondary N) is 1. The van der Waals surface area contributed by atoms with Gasteiger partial charge in [-0.15, -0.1) is 0 Å². The summed E-state index contributed by atoms with van der Waals surface area (Å²) in [7, 11) is 0. The molecule has 3 atom stereocenters. The maximum Gasteiger partial charge on any atom is 0.163 e. The smallest absolute Gasteiger partial charge is 0.163 e. The summed E-state index contributed by atoms with van der Waals surface area (Å²) in [5.74, 6) is -0.427. The highest BCUT2D eigenvalue weighted by Gasteiger charge is 2.49. The highest BCUT2D eigenvalue weighted by atomic mass is 32.2. The standard InChI is InChI=1S/C14H25NO4S2/c1-6-15-12(20)21-8-10-11(19-14(4,5)18-10)9-7-16-13(2,3)17-9/h9-11H,6-8H2,1-5H3,(H,15,20)/t9-,10+,11+/m1/s1. The Kier molecular flexibility index (Phi) is 5.55. The molecule has 5 nitrogen and oxygen atoms in total. The van der Waals surface area contributed by atoms with Crippen molar-refractivity contribution in [1.29, 1.82) is 0 Å². The minimum atomic E-state index is -0.605. The second-order valence-electron chi connectivity index (χ2n) is 6.13. The van der Waals surface area contributed by atoms with Crippen molar-refractivity contribution in [3.05, 3.63) is 0 Å². The maximum absolute atomic E-state index is 6.03. The van der Waals surface area contributed by atoms with Crippen molar-refractivity contribution in [1.82, 2.24) is 5.32 Å². The molecular formula is C14H25NO4S2. The van der Waals surface area contributed by atoms with Gasteiger partial charge in [-0.05, 0) is 34.6 Å². The minimum absolute atomic E-state index is 0.0656. The fourth-order valence-electron chi connectivity index (χ4n) is 2.54. The number of thiocarbonyl (C=S) groups is 1. The van der Waals surface area contributed by atoms with Crippen LogP contribution in [-0.2, 0) is 18.9 Å².